The Morgan fingerprint density at radius 3 is 2.78 bits per heavy atom. The van der Waals surface area contributed by atoms with Crippen molar-refractivity contribution in [3.05, 3.63) is 24.0 Å². The molecule has 5 nitrogen and oxygen atoms in total. The first kappa shape index (κ1) is 17.9. The molecule has 1 aromatic rings. The van der Waals surface area contributed by atoms with Gasteiger partial charge in [-0.2, -0.15) is 0 Å². The second kappa shape index (κ2) is 7.86. The molecular weight excluding hydrogens is 290 g/mol. The number of hydrogen-bond acceptors (Lipinski definition) is 3. The average molecular weight is 321 g/mol. The first-order chi connectivity index (χ1) is 10.9. The molecule has 1 aliphatic rings. The van der Waals surface area contributed by atoms with Crippen LogP contribution < -0.4 is 10.6 Å². The lowest BCUT2D eigenvalue weighted by Crippen LogP contribution is -2.43. The van der Waals surface area contributed by atoms with Crippen molar-refractivity contribution in [3.8, 4) is 0 Å². The maximum Gasteiger partial charge on any atom is 0.407 e. The standard InChI is InChI=1S/C18H31N3O2/c1-5-9-21-10-8-14(13-21)11-19-16(15-6-7-15)12-20-17(22)23-18(2,3)4/h8,10,13,15-16,19H,5-7,9,11-12H2,1-4H3,(H,20,22). The van der Waals surface area contributed by atoms with Crippen molar-refractivity contribution in [2.75, 3.05) is 6.54 Å². The van der Waals surface area contributed by atoms with Gasteiger partial charge in [0.1, 0.15) is 5.60 Å². The molecule has 1 saturated carbocycles. The molecule has 1 amide bonds. The molecule has 1 fully saturated rings. The smallest absolute Gasteiger partial charge is 0.407 e. The highest BCUT2D eigenvalue weighted by atomic mass is 16.6. The molecule has 1 atom stereocenters. The van der Waals surface area contributed by atoms with Crippen LogP contribution in [-0.2, 0) is 17.8 Å². The van der Waals surface area contributed by atoms with Crippen molar-refractivity contribution in [3.63, 3.8) is 0 Å². The maximum absolute atomic E-state index is 11.8. The number of hydrogen-bond donors (Lipinski definition) is 2. The SMILES string of the molecule is CCCn1ccc(CNC(CNC(=O)OC(C)(C)C)C2CC2)c1. The Balaban J connectivity index is 1.76. The first-order valence-corrected chi connectivity index (χ1v) is 8.72. The van der Waals surface area contributed by atoms with Crippen molar-refractivity contribution < 1.29 is 9.53 Å². The molecule has 1 unspecified atom stereocenters. The first-order valence-electron chi connectivity index (χ1n) is 8.72. The molecule has 0 aromatic carbocycles. The van der Waals surface area contributed by atoms with Crippen LogP contribution in [0.15, 0.2) is 18.5 Å². The third kappa shape index (κ3) is 6.65. The van der Waals surface area contributed by atoms with Crippen LogP contribution in [0.25, 0.3) is 0 Å². The molecule has 0 aliphatic heterocycles. The Bertz CT molecular complexity index is 501. The zero-order valence-electron chi connectivity index (χ0n) is 14.9. The molecular formula is C18H31N3O2. The van der Waals surface area contributed by atoms with Crippen molar-refractivity contribution >= 4 is 6.09 Å². The minimum absolute atomic E-state index is 0.317. The summed E-state index contributed by atoms with van der Waals surface area (Å²) in [7, 11) is 0. The van der Waals surface area contributed by atoms with Crippen LogP contribution in [0.1, 0.15) is 52.5 Å². The normalized spacial score (nSPS) is 16.2. The lowest BCUT2D eigenvalue weighted by molar-refractivity contribution is 0.0521. The topological polar surface area (TPSA) is 55.3 Å². The molecule has 0 saturated heterocycles. The van der Waals surface area contributed by atoms with Crippen molar-refractivity contribution in [1.29, 1.82) is 0 Å². The van der Waals surface area contributed by atoms with E-state index in [9.17, 15) is 4.79 Å². The van der Waals surface area contributed by atoms with Gasteiger partial charge in [0.2, 0.25) is 0 Å². The number of alkyl carbamates (subject to hydrolysis) is 1. The van der Waals surface area contributed by atoms with Crippen LogP contribution in [0, 0.1) is 5.92 Å². The number of carbonyl (C=O) groups excluding carboxylic acids is 1. The predicted molar refractivity (Wildman–Crippen MR) is 92.3 cm³/mol. The minimum atomic E-state index is -0.450. The highest BCUT2D eigenvalue weighted by Crippen LogP contribution is 2.32. The number of carbonyl (C=O) groups is 1. The fourth-order valence-corrected chi connectivity index (χ4v) is 2.65. The lowest BCUT2D eigenvalue weighted by atomic mass is 10.1. The van der Waals surface area contributed by atoms with E-state index < -0.39 is 5.60 Å². The van der Waals surface area contributed by atoms with E-state index >= 15 is 0 Å². The van der Waals surface area contributed by atoms with E-state index in [0.717, 1.165) is 19.5 Å². The van der Waals surface area contributed by atoms with Gasteiger partial charge < -0.3 is 19.9 Å². The predicted octanol–water partition coefficient (Wildman–Crippen LogP) is 3.29. The summed E-state index contributed by atoms with van der Waals surface area (Å²) in [4.78, 5) is 11.8. The molecule has 2 rings (SSSR count). The van der Waals surface area contributed by atoms with Gasteiger partial charge >= 0.3 is 6.09 Å². The van der Waals surface area contributed by atoms with Crippen LogP contribution in [0.5, 0.6) is 0 Å². The summed E-state index contributed by atoms with van der Waals surface area (Å²) < 4.78 is 7.52. The van der Waals surface area contributed by atoms with E-state index in [0.29, 0.717) is 18.5 Å². The monoisotopic (exact) mass is 321 g/mol. The third-order valence-electron chi connectivity index (χ3n) is 3.92. The Kier molecular flexibility index (Phi) is 6.10. The Labute approximate surface area is 139 Å². The van der Waals surface area contributed by atoms with Gasteiger partial charge in [0.15, 0.2) is 0 Å². The number of ether oxygens (including phenoxy) is 1. The van der Waals surface area contributed by atoms with Gasteiger partial charge in [-0.05, 0) is 57.6 Å². The number of aryl methyl sites for hydroxylation is 1. The van der Waals surface area contributed by atoms with Gasteiger partial charge in [-0.3, -0.25) is 0 Å². The van der Waals surface area contributed by atoms with Crippen molar-refractivity contribution in [2.45, 2.75) is 71.7 Å². The molecule has 0 bridgehead atoms. The van der Waals surface area contributed by atoms with E-state index in [-0.39, 0.29) is 6.09 Å². The largest absolute Gasteiger partial charge is 0.444 e. The summed E-state index contributed by atoms with van der Waals surface area (Å²) >= 11 is 0. The zero-order valence-corrected chi connectivity index (χ0v) is 14.9. The van der Waals surface area contributed by atoms with Gasteiger partial charge in [-0.25, -0.2) is 4.79 Å². The summed E-state index contributed by atoms with van der Waals surface area (Å²) in [6, 6.07) is 2.48. The summed E-state index contributed by atoms with van der Waals surface area (Å²) in [6.45, 7) is 10.3. The highest BCUT2D eigenvalue weighted by molar-refractivity contribution is 5.67. The van der Waals surface area contributed by atoms with Crippen LogP contribution in [0.4, 0.5) is 4.79 Å². The fourth-order valence-electron chi connectivity index (χ4n) is 2.65. The van der Waals surface area contributed by atoms with E-state index in [4.69, 9.17) is 4.74 Å². The Morgan fingerprint density at radius 1 is 1.43 bits per heavy atom. The Morgan fingerprint density at radius 2 is 2.17 bits per heavy atom. The molecule has 0 radical (unpaired) electrons. The summed E-state index contributed by atoms with van der Waals surface area (Å²) in [5.41, 5.74) is 0.843. The summed E-state index contributed by atoms with van der Waals surface area (Å²) in [5, 5.41) is 6.48. The molecule has 0 spiro atoms. The minimum Gasteiger partial charge on any atom is -0.444 e. The van der Waals surface area contributed by atoms with E-state index in [1.807, 2.05) is 20.8 Å². The molecule has 130 valence electrons. The van der Waals surface area contributed by atoms with Crippen LogP contribution in [0.2, 0.25) is 0 Å². The van der Waals surface area contributed by atoms with Crippen molar-refractivity contribution in [2.24, 2.45) is 5.92 Å². The van der Waals surface area contributed by atoms with E-state index in [1.54, 1.807) is 0 Å². The molecule has 5 heteroatoms. The number of nitrogens with zero attached hydrogens (tertiary/aromatic N) is 1. The van der Waals surface area contributed by atoms with Gasteiger partial charge in [0, 0.05) is 38.1 Å². The number of amides is 1. The number of aromatic nitrogens is 1. The van der Waals surface area contributed by atoms with E-state index in [2.05, 4.69) is 40.6 Å². The summed E-state index contributed by atoms with van der Waals surface area (Å²) in [5.74, 6) is 0.669. The molecule has 2 N–H and O–H groups in total. The molecule has 1 heterocycles. The molecule has 1 aromatic heterocycles. The van der Waals surface area contributed by atoms with Crippen LogP contribution in [0.3, 0.4) is 0 Å². The number of rotatable bonds is 8. The zero-order chi connectivity index (χ0) is 16.9. The van der Waals surface area contributed by atoms with Gasteiger partial charge in [0.25, 0.3) is 0 Å². The van der Waals surface area contributed by atoms with Crippen LogP contribution in [-0.4, -0.2) is 28.8 Å². The second-order valence-corrected chi connectivity index (χ2v) is 7.47. The highest BCUT2D eigenvalue weighted by Gasteiger charge is 2.31. The number of nitrogens with one attached hydrogen (secondary N) is 2. The maximum atomic E-state index is 11.8. The molecule has 23 heavy (non-hydrogen) atoms. The lowest BCUT2D eigenvalue weighted by Gasteiger charge is -2.22. The van der Waals surface area contributed by atoms with Gasteiger partial charge in [-0.15, -0.1) is 0 Å². The van der Waals surface area contributed by atoms with E-state index in [1.165, 1.54) is 18.4 Å². The van der Waals surface area contributed by atoms with Crippen LogP contribution >= 0.6 is 0 Å². The summed E-state index contributed by atoms with van der Waals surface area (Å²) in [6.07, 6.45) is 7.62. The average Bonchev–Trinajstić information content (AvgIpc) is 3.18. The second-order valence-electron chi connectivity index (χ2n) is 7.47. The third-order valence-corrected chi connectivity index (χ3v) is 3.92. The van der Waals surface area contributed by atoms with Gasteiger partial charge in [0.05, 0.1) is 0 Å². The Hall–Kier alpha value is -1.49. The van der Waals surface area contributed by atoms with Crippen molar-refractivity contribution in [1.82, 2.24) is 15.2 Å². The quantitative estimate of drug-likeness (QED) is 0.772. The molecule has 1 aliphatic carbocycles. The van der Waals surface area contributed by atoms with Gasteiger partial charge in [-0.1, -0.05) is 6.92 Å². The fraction of sp³-hybridized carbons (Fsp3) is 0.722.